The largest absolute Gasteiger partial charge is 0.507 e. The lowest BCUT2D eigenvalue weighted by Gasteiger charge is -2.06. The molecule has 3 rings (SSSR count). The van der Waals surface area contributed by atoms with Gasteiger partial charge in [-0.2, -0.15) is 0 Å². The van der Waals surface area contributed by atoms with Crippen molar-refractivity contribution in [3.63, 3.8) is 0 Å². The van der Waals surface area contributed by atoms with Crippen LogP contribution in [0.5, 0.6) is 17.2 Å². The van der Waals surface area contributed by atoms with Crippen molar-refractivity contribution in [3.05, 3.63) is 102 Å². The van der Waals surface area contributed by atoms with E-state index >= 15 is 0 Å². The molecule has 0 fully saturated rings. The maximum atomic E-state index is 12.1. The summed E-state index contributed by atoms with van der Waals surface area (Å²) in [6, 6.07) is 14.4. The first-order valence-corrected chi connectivity index (χ1v) is 8.83. The van der Waals surface area contributed by atoms with E-state index in [0.29, 0.717) is 23.4 Å². The Morgan fingerprint density at radius 2 is 1.36 bits per heavy atom. The van der Waals surface area contributed by atoms with Crippen LogP contribution in [0.1, 0.15) is 15.9 Å². The molecular formula is C20H15N3O10. The molecule has 3 aromatic rings. The number of methoxy groups -OCH3 is 1. The third kappa shape index (κ3) is 5.75. The lowest BCUT2D eigenvalue weighted by molar-refractivity contribution is -0.404. The second-order valence-corrected chi connectivity index (χ2v) is 6.18. The summed E-state index contributed by atoms with van der Waals surface area (Å²) in [5, 5.41) is 50.0. The molecule has 0 radical (unpaired) electrons. The van der Waals surface area contributed by atoms with Crippen LogP contribution in [0.3, 0.4) is 0 Å². The van der Waals surface area contributed by atoms with Gasteiger partial charge >= 0.3 is 11.4 Å². The molecule has 0 saturated carbocycles. The molecule has 0 aliphatic rings. The maximum absolute atomic E-state index is 12.1. The summed E-state index contributed by atoms with van der Waals surface area (Å²) >= 11 is 0. The van der Waals surface area contributed by atoms with Crippen molar-refractivity contribution in [2.45, 2.75) is 0 Å². The van der Waals surface area contributed by atoms with Gasteiger partial charge in [-0.25, -0.2) is 0 Å². The fourth-order valence-electron chi connectivity index (χ4n) is 2.55. The Morgan fingerprint density at radius 1 is 0.818 bits per heavy atom. The van der Waals surface area contributed by atoms with Gasteiger partial charge in [0.25, 0.3) is 11.4 Å². The molecule has 0 aromatic heterocycles. The van der Waals surface area contributed by atoms with Crippen LogP contribution in [0.15, 0.2) is 60.7 Å². The number of carbonyl (C=O) groups is 1. The predicted molar refractivity (Wildman–Crippen MR) is 113 cm³/mol. The Labute approximate surface area is 184 Å². The zero-order valence-electron chi connectivity index (χ0n) is 16.8. The molecule has 13 heteroatoms. The number of phenols is 2. The number of nitro benzene ring substituents is 3. The molecular weight excluding hydrogens is 442 g/mol. The third-order valence-corrected chi connectivity index (χ3v) is 4.14. The minimum absolute atomic E-state index is 0.0711. The molecule has 0 aliphatic heterocycles. The lowest BCUT2D eigenvalue weighted by Crippen LogP contribution is -2.01. The highest BCUT2D eigenvalue weighted by Gasteiger charge is 2.30. The molecule has 0 unspecified atom stereocenters. The smallest absolute Gasteiger partial charge is 0.324 e. The molecule has 0 atom stereocenters. The second kappa shape index (κ2) is 10.3. The van der Waals surface area contributed by atoms with Crippen molar-refractivity contribution in [2.24, 2.45) is 0 Å². The summed E-state index contributed by atoms with van der Waals surface area (Å²) in [6.07, 6.45) is 0. The monoisotopic (exact) mass is 457 g/mol. The Bertz CT molecular complexity index is 1190. The summed E-state index contributed by atoms with van der Waals surface area (Å²) in [5.41, 5.74) is -2.18. The van der Waals surface area contributed by atoms with Crippen LogP contribution in [0, 0.1) is 30.3 Å². The molecule has 0 aliphatic carbocycles. The van der Waals surface area contributed by atoms with Gasteiger partial charge in [-0.3, -0.25) is 35.1 Å². The number of hydrogen-bond donors (Lipinski definition) is 2. The van der Waals surface area contributed by atoms with Crippen LogP contribution < -0.4 is 4.74 Å². The van der Waals surface area contributed by atoms with Gasteiger partial charge in [0.1, 0.15) is 11.5 Å². The number of carbonyl (C=O) groups excluding carboxylic acids is 1. The third-order valence-electron chi connectivity index (χ3n) is 4.14. The Hall–Kier alpha value is -5.07. The highest BCUT2D eigenvalue weighted by Crippen LogP contribution is 2.39. The highest BCUT2D eigenvalue weighted by molar-refractivity contribution is 6.10. The molecule has 0 amide bonds. The normalized spacial score (nSPS) is 9.85. The van der Waals surface area contributed by atoms with E-state index in [2.05, 4.69) is 0 Å². The van der Waals surface area contributed by atoms with Crippen molar-refractivity contribution in [2.75, 3.05) is 7.11 Å². The average Bonchev–Trinajstić information content (AvgIpc) is 2.79. The zero-order chi connectivity index (χ0) is 24.7. The lowest BCUT2D eigenvalue weighted by atomic mass is 10.0. The number of phenolic OH excluding ortho intramolecular Hbond substituents is 2. The number of benzene rings is 3. The van der Waals surface area contributed by atoms with Gasteiger partial charge in [-0.1, -0.05) is 30.3 Å². The SMILES string of the molecule is COc1ccc(C(=O)c2ccccc2)c(O)c1.O=[N+]([O-])c1cc([N+](=O)[O-])c(O)c([N+](=O)[O-])c1. The van der Waals surface area contributed by atoms with Crippen molar-refractivity contribution in [1.82, 2.24) is 0 Å². The van der Waals surface area contributed by atoms with E-state index in [1.807, 2.05) is 6.07 Å². The van der Waals surface area contributed by atoms with E-state index in [1.165, 1.54) is 13.2 Å². The standard InChI is InChI=1S/C14H12O3.C6H3N3O7/c1-17-11-7-8-12(13(15)9-11)14(16)10-5-3-2-4-6-10;10-6-4(8(13)14)1-3(7(11)12)2-5(6)9(15)16/h2-9,15H,1H3;1-2,10H. The summed E-state index contributed by atoms with van der Waals surface area (Å²) < 4.78 is 4.96. The zero-order valence-corrected chi connectivity index (χ0v) is 16.8. The molecule has 170 valence electrons. The summed E-state index contributed by atoms with van der Waals surface area (Å²) in [4.78, 5) is 39.8. The molecule has 3 aromatic carbocycles. The van der Waals surface area contributed by atoms with E-state index in [-0.39, 0.29) is 17.1 Å². The summed E-state index contributed by atoms with van der Waals surface area (Å²) in [6.45, 7) is 0. The maximum Gasteiger partial charge on any atom is 0.324 e. The van der Waals surface area contributed by atoms with Gasteiger partial charge < -0.3 is 14.9 Å². The minimum Gasteiger partial charge on any atom is -0.507 e. The number of nitrogens with zero attached hydrogens (tertiary/aromatic N) is 3. The van der Waals surface area contributed by atoms with E-state index in [0.717, 1.165) is 0 Å². The van der Waals surface area contributed by atoms with Crippen molar-refractivity contribution >= 4 is 22.8 Å². The second-order valence-electron chi connectivity index (χ2n) is 6.18. The van der Waals surface area contributed by atoms with Gasteiger partial charge in [-0.15, -0.1) is 0 Å². The molecule has 0 spiro atoms. The number of non-ortho nitro benzene ring substituents is 1. The van der Waals surface area contributed by atoms with Gasteiger partial charge in [0.2, 0.25) is 0 Å². The fraction of sp³-hybridized carbons (Fsp3) is 0.0500. The number of ketones is 1. The van der Waals surface area contributed by atoms with Gasteiger partial charge in [0, 0.05) is 11.6 Å². The Kier molecular flexibility index (Phi) is 7.55. The summed E-state index contributed by atoms with van der Waals surface area (Å²) in [5.74, 6) is -0.961. The number of nitro groups is 3. The molecule has 2 N–H and O–H groups in total. The number of rotatable bonds is 6. The highest BCUT2D eigenvalue weighted by atomic mass is 16.6. The minimum atomic E-state index is -1.21. The van der Waals surface area contributed by atoms with Crippen LogP contribution in [0.4, 0.5) is 17.1 Å². The van der Waals surface area contributed by atoms with Crippen LogP contribution >= 0.6 is 0 Å². The first kappa shape index (κ1) is 24.2. The molecule has 0 heterocycles. The average molecular weight is 457 g/mol. The van der Waals surface area contributed by atoms with E-state index in [1.54, 1.807) is 36.4 Å². The van der Waals surface area contributed by atoms with Crippen LogP contribution in [-0.4, -0.2) is 37.9 Å². The molecule has 0 saturated heterocycles. The number of ether oxygens (including phenoxy) is 1. The van der Waals surface area contributed by atoms with E-state index in [9.17, 15) is 40.2 Å². The van der Waals surface area contributed by atoms with Crippen molar-refractivity contribution in [1.29, 1.82) is 0 Å². The van der Waals surface area contributed by atoms with Gasteiger partial charge in [0.05, 0.1) is 39.6 Å². The van der Waals surface area contributed by atoms with E-state index < -0.39 is 37.6 Å². The van der Waals surface area contributed by atoms with Crippen LogP contribution in [0.2, 0.25) is 0 Å². The van der Waals surface area contributed by atoms with Crippen LogP contribution in [0.25, 0.3) is 0 Å². The van der Waals surface area contributed by atoms with Gasteiger partial charge in [0.15, 0.2) is 5.78 Å². The fourth-order valence-corrected chi connectivity index (χ4v) is 2.55. The summed E-state index contributed by atoms with van der Waals surface area (Å²) in [7, 11) is 1.51. The number of aromatic hydroxyl groups is 2. The topological polar surface area (TPSA) is 196 Å². The van der Waals surface area contributed by atoms with Crippen molar-refractivity contribution < 1.29 is 34.5 Å². The quantitative estimate of drug-likeness (QED) is 0.312. The van der Waals surface area contributed by atoms with Crippen molar-refractivity contribution in [3.8, 4) is 17.2 Å². The first-order valence-electron chi connectivity index (χ1n) is 8.83. The van der Waals surface area contributed by atoms with E-state index in [4.69, 9.17) is 9.84 Å². The molecule has 13 nitrogen and oxygen atoms in total. The predicted octanol–water partition coefficient (Wildman–Crippen LogP) is 3.75. The Morgan fingerprint density at radius 3 is 1.79 bits per heavy atom. The molecule has 0 bridgehead atoms. The molecule has 33 heavy (non-hydrogen) atoms. The first-order chi connectivity index (χ1) is 15.6. The number of hydrogen-bond acceptors (Lipinski definition) is 10. The van der Waals surface area contributed by atoms with Gasteiger partial charge in [-0.05, 0) is 12.1 Å². The Balaban J connectivity index is 0.000000234. The van der Waals surface area contributed by atoms with Crippen LogP contribution in [-0.2, 0) is 0 Å².